The highest BCUT2D eigenvalue weighted by Crippen LogP contribution is 2.29. The van der Waals surface area contributed by atoms with Crippen molar-refractivity contribution in [1.29, 1.82) is 0 Å². The summed E-state index contributed by atoms with van der Waals surface area (Å²) in [5.74, 6) is 1.44. The highest BCUT2D eigenvalue weighted by atomic mass is 16.5. The predicted octanol–water partition coefficient (Wildman–Crippen LogP) is 1.34. The van der Waals surface area contributed by atoms with Crippen molar-refractivity contribution in [2.45, 2.75) is 12.8 Å². The van der Waals surface area contributed by atoms with E-state index in [1.54, 1.807) is 13.4 Å². The Balaban J connectivity index is 1.92. The minimum absolute atomic E-state index is 0.0242. The molecule has 110 valence electrons. The normalized spacial score (nSPS) is 16.1. The van der Waals surface area contributed by atoms with Crippen LogP contribution in [0, 0.1) is 5.92 Å². The van der Waals surface area contributed by atoms with Crippen molar-refractivity contribution in [3.8, 4) is 5.75 Å². The van der Waals surface area contributed by atoms with Crippen LogP contribution in [0.25, 0.3) is 10.9 Å². The third kappa shape index (κ3) is 2.61. The second kappa shape index (κ2) is 5.55. The summed E-state index contributed by atoms with van der Waals surface area (Å²) in [6.07, 6.45) is 3.11. The van der Waals surface area contributed by atoms with Crippen LogP contribution in [0.1, 0.15) is 12.8 Å². The lowest BCUT2D eigenvalue weighted by Gasteiger charge is -2.31. The number of aromatic nitrogens is 2. The molecule has 0 saturated carbocycles. The van der Waals surface area contributed by atoms with Gasteiger partial charge in [-0.15, -0.1) is 0 Å². The average molecular weight is 286 g/mol. The minimum atomic E-state index is -0.205. The molecule has 2 heterocycles. The first-order valence-electron chi connectivity index (χ1n) is 7.02. The molecule has 1 saturated heterocycles. The van der Waals surface area contributed by atoms with Gasteiger partial charge in [-0.05, 0) is 31.0 Å². The number of ether oxygens (including phenoxy) is 1. The number of piperidine rings is 1. The zero-order valence-corrected chi connectivity index (χ0v) is 12.0. The van der Waals surface area contributed by atoms with Crippen molar-refractivity contribution in [3.05, 3.63) is 24.5 Å². The molecular weight excluding hydrogens is 268 g/mol. The van der Waals surface area contributed by atoms with Gasteiger partial charge in [0.25, 0.3) is 0 Å². The van der Waals surface area contributed by atoms with Crippen molar-refractivity contribution < 1.29 is 9.53 Å². The molecule has 2 N–H and O–H groups in total. The molecule has 21 heavy (non-hydrogen) atoms. The Morgan fingerprint density at radius 3 is 2.76 bits per heavy atom. The topological polar surface area (TPSA) is 81.3 Å². The monoisotopic (exact) mass is 286 g/mol. The number of anilines is 1. The second-order valence-electron chi connectivity index (χ2n) is 5.24. The van der Waals surface area contributed by atoms with Crippen LogP contribution < -0.4 is 15.4 Å². The largest absolute Gasteiger partial charge is 0.497 e. The van der Waals surface area contributed by atoms with Crippen molar-refractivity contribution in [2.75, 3.05) is 25.1 Å². The summed E-state index contributed by atoms with van der Waals surface area (Å²) in [6, 6.07) is 5.76. The number of hydrogen-bond donors (Lipinski definition) is 1. The molecule has 0 atom stereocenters. The molecule has 1 amide bonds. The number of benzene rings is 1. The van der Waals surface area contributed by atoms with Crippen molar-refractivity contribution in [3.63, 3.8) is 0 Å². The van der Waals surface area contributed by atoms with Crippen LogP contribution in [0.5, 0.6) is 5.75 Å². The summed E-state index contributed by atoms with van der Waals surface area (Å²) < 4.78 is 5.28. The third-order valence-corrected chi connectivity index (χ3v) is 4.02. The Labute approximate surface area is 122 Å². The van der Waals surface area contributed by atoms with E-state index in [1.165, 1.54) is 0 Å². The number of amides is 1. The van der Waals surface area contributed by atoms with E-state index in [0.29, 0.717) is 0 Å². The van der Waals surface area contributed by atoms with Crippen LogP contribution in [0.3, 0.4) is 0 Å². The van der Waals surface area contributed by atoms with Gasteiger partial charge in [-0.2, -0.15) is 0 Å². The second-order valence-corrected chi connectivity index (χ2v) is 5.24. The molecule has 0 unspecified atom stereocenters. The fourth-order valence-electron chi connectivity index (χ4n) is 2.78. The average Bonchev–Trinajstić information content (AvgIpc) is 2.54. The quantitative estimate of drug-likeness (QED) is 0.920. The summed E-state index contributed by atoms with van der Waals surface area (Å²) in [4.78, 5) is 22.1. The van der Waals surface area contributed by atoms with Gasteiger partial charge in [-0.3, -0.25) is 4.79 Å². The summed E-state index contributed by atoms with van der Waals surface area (Å²) in [7, 11) is 1.64. The van der Waals surface area contributed by atoms with E-state index < -0.39 is 0 Å². The van der Waals surface area contributed by atoms with E-state index in [9.17, 15) is 4.79 Å². The third-order valence-electron chi connectivity index (χ3n) is 4.02. The van der Waals surface area contributed by atoms with Gasteiger partial charge >= 0.3 is 0 Å². The lowest BCUT2D eigenvalue weighted by Crippen LogP contribution is -2.39. The zero-order chi connectivity index (χ0) is 14.8. The smallest absolute Gasteiger partial charge is 0.220 e. The molecule has 1 aliphatic heterocycles. The maximum Gasteiger partial charge on any atom is 0.220 e. The Kier molecular flexibility index (Phi) is 3.60. The lowest BCUT2D eigenvalue weighted by molar-refractivity contribution is -0.122. The Bertz CT molecular complexity index is 666. The maximum absolute atomic E-state index is 11.3. The van der Waals surface area contributed by atoms with Gasteiger partial charge in [0.2, 0.25) is 5.91 Å². The van der Waals surface area contributed by atoms with Gasteiger partial charge in [-0.25, -0.2) is 9.97 Å². The Morgan fingerprint density at radius 1 is 1.33 bits per heavy atom. The molecule has 3 rings (SSSR count). The zero-order valence-electron chi connectivity index (χ0n) is 12.0. The van der Waals surface area contributed by atoms with Gasteiger partial charge in [-0.1, -0.05) is 0 Å². The number of primary amides is 1. The van der Waals surface area contributed by atoms with Crippen molar-refractivity contribution >= 4 is 22.6 Å². The highest BCUT2D eigenvalue weighted by molar-refractivity contribution is 5.90. The van der Waals surface area contributed by atoms with Crippen LogP contribution in [0.4, 0.5) is 5.82 Å². The van der Waals surface area contributed by atoms with Gasteiger partial charge < -0.3 is 15.4 Å². The van der Waals surface area contributed by atoms with E-state index >= 15 is 0 Å². The van der Waals surface area contributed by atoms with Crippen molar-refractivity contribution in [1.82, 2.24) is 9.97 Å². The van der Waals surface area contributed by atoms with Crippen LogP contribution >= 0.6 is 0 Å². The number of hydrogen-bond acceptors (Lipinski definition) is 5. The molecule has 6 nitrogen and oxygen atoms in total. The van der Waals surface area contributed by atoms with Crippen LogP contribution in [-0.2, 0) is 4.79 Å². The first kappa shape index (κ1) is 13.6. The SMILES string of the molecule is COc1ccc2ncnc(N3CCC(C(N)=O)CC3)c2c1. The Hall–Kier alpha value is -2.37. The van der Waals surface area contributed by atoms with E-state index in [4.69, 9.17) is 10.5 Å². The molecular formula is C15H18N4O2. The maximum atomic E-state index is 11.3. The van der Waals surface area contributed by atoms with E-state index in [-0.39, 0.29) is 11.8 Å². The number of carbonyl (C=O) groups is 1. The van der Waals surface area contributed by atoms with Crippen LogP contribution in [0.15, 0.2) is 24.5 Å². The van der Waals surface area contributed by atoms with Gasteiger partial charge in [0.05, 0.1) is 12.6 Å². The van der Waals surface area contributed by atoms with E-state index in [2.05, 4.69) is 14.9 Å². The summed E-state index contributed by atoms with van der Waals surface area (Å²) >= 11 is 0. The summed E-state index contributed by atoms with van der Waals surface area (Å²) in [5, 5.41) is 0.967. The summed E-state index contributed by atoms with van der Waals surface area (Å²) in [6.45, 7) is 1.55. The van der Waals surface area contributed by atoms with Crippen LogP contribution in [-0.4, -0.2) is 36.1 Å². The van der Waals surface area contributed by atoms with E-state index in [1.807, 2.05) is 18.2 Å². The Morgan fingerprint density at radius 2 is 2.10 bits per heavy atom. The first-order valence-corrected chi connectivity index (χ1v) is 7.02. The summed E-state index contributed by atoms with van der Waals surface area (Å²) in [5.41, 5.74) is 6.27. The molecule has 1 aliphatic rings. The minimum Gasteiger partial charge on any atom is -0.497 e. The van der Waals surface area contributed by atoms with Gasteiger partial charge in [0.15, 0.2) is 0 Å². The number of carbonyl (C=O) groups excluding carboxylic acids is 1. The number of rotatable bonds is 3. The lowest BCUT2D eigenvalue weighted by atomic mass is 9.96. The number of nitrogens with two attached hydrogens (primary N) is 1. The van der Waals surface area contributed by atoms with Crippen LogP contribution in [0.2, 0.25) is 0 Å². The molecule has 1 aromatic carbocycles. The molecule has 1 aromatic heterocycles. The number of fused-ring (bicyclic) bond motifs is 1. The highest BCUT2D eigenvalue weighted by Gasteiger charge is 2.24. The fourth-order valence-corrected chi connectivity index (χ4v) is 2.78. The number of nitrogens with zero attached hydrogens (tertiary/aromatic N) is 3. The first-order chi connectivity index (χ1) is 10.2. The molecule has 0 aliphatic carbocycles. The molecule has 6 heteroatoms. The number of methoxy groups -OCH3 is 1. The molecule has 0 bridgehead atoms. The molecule has 0 radical (unpaired) electrons. The van der Waals surface area contributed by atoms with Crippen molar-refractivity contribution in [2.24, 2.45) is 11.7 Å². The predicted molar refractivity (Wildman–Crippen MR) is 80.2 cm³/mol. The fraction of sp³-hybridized carbons (Fsp3) is 0.400. The molecule has 1 fully saturated rings. The van der Waals surface area contributed by atoms with Gasteiger partial charge in [0.1, 0.15) is 17.9 Å². The van der Waals surface area contributed by atoms with Gasteiger partial charge in [0, 0.05) is 24.4 Å². The standard InChI is InChI=1S/C15H18N4O2/c1-21-11-2-3-13-12(8-11)15(18-9-17-13)19-6-4-10(5-7-19)14(16)20/h2-3,8-10H,4-7H2,1H3,(H2,16,20). The molecule has 0 spiro atoms. The van der Waals surface area contributed by atoms with E-state index in [0.717, 1.165) is 48.4 Å². The molecule has 2 aromatic rings.